The summed E-state index contributed by atoms with van der Waals surface area (Å²) >= 11 is 19.4. The third-order valence-electron chi connectivity index (χ3n) is 5.13. The zero-order valence-electron chi connectivity index (χ0n) is 17.2. The minimum absolute atomic E-state index is 0.0259. The van der Waals surface area contributed by atoms with Crippen LogP contribution in [-0.4, -0.2) is 12.5 Å². The van der Waals surface area contributed by atoms with Gasteiger partial charge in [-0.15, -0.1) is 0 Å². The van der Waals surface area contributed by atoms with Gasteiger partial charge >= 0.3 is 0 Å². The van der Waals surface area contributed by atoms with Gasteiger partial charge in [0.15, 0.2) is 0 Å². The number of carbonyl (C=O) groups excluding carboxylic acids is 1. The molecule has 0 aromatic heterocycles. The van der Waals surface area contributed by atoms with Crippen molar-refractivity contribution in [2.24, 2.45) is 0 Å². The van der Waals surface area contributed by atoms with Gasteiger partial charge in [-0.1, -0.05) is 54.4 Å². The average Bonchev–Trinajstić information content (AvgIpc) is 3.01. The van der Waals surface area contributed by atoms with Crippen molar-refractivity contribution >= 4 is 78.3 Å². The zero-order valence-corrected chi connectivity index (χ0v) is 21.9. The lowest BCUT2D eigenvalue weighted by molar-refractivity contribution is -0.113. The maximum Gasteiger partial charge on any atom is 0.258 e. The standard InChI is InChI=1S/C25H19Br2Cl2NO2/c1-2-9-30-23-6-4-3-5-18(23)19(25(30)31)10-15-11-20(26)24(21(27)12-15)32-14-16-7-8-17(28)13-22(16)29/h3-8,10-13H,2,9,14H2,1H3/b19-10-. The number of anilines is 1. The number of amides is 1. The first-order chi connectivity index (χ1) is 15.4. The second-order valence-corrected chi connectivity index (χ2v) is 9.92. The van der Waals surface area contributed by atoms with Crippen LogP contribution in [0.5, 0.6) is 5.75 Å². The molecular formula is C25H19Br2Cl2NO2. The molecule has 0 unspecified atom stereocenters. The summed E-state index contributed by atoms with van der Waals surface area (Å²) in [5.74, 6) is 0.682. The highest BCUT2D eigenvalue weighted by Crippen LogP contribution is 2.40. The monoisotopic (exact) mass is 593 g/mol. The van der Waals surface area contributed by atoms with Gasteiger partial charge in [0.1, 0.15) is 12.4 Å². The van der Waals surface area contributed by atoms with E-state index in [9.17, 15) is 4.79 Å². The number of ether oxygens (including phenoxy) is 1. The number of benzene rings is 3. The van der Waals surface area contributed by atoms with Gasteiger partial charge in [0, 0.05) is 33.3 Å². The first kappa shape index (κ1) is 23.4. The molecule has 1 aliphatic rings. The highest BCUT2D eigenvalue weighted by atomic mass is 79.9. The predicted molar refractivity (Wildman–Crippen MR) is 140 cm³/mol. The Balaban J connectivity index is 1.62. The van der Waals surface area contributed by atoms with E-state index in [4.69, 9.17) is 27.9 Å². The maximum absolute atomic E-state index is 13.1. The predicted octanol–water partition coefficient (Wildman–Crippen LogP) is 8.39. The van der Waals surface area contributed by atoms with Crippen LogP contribution in [0.4, 0.5) is 5.69 Å². The summed E-state index contributed by atoms with van der Waals surface area (Å²) in [6.07, 6.45) is 2.82. The molecule has 0 aliphatic carbocycles. The summed E-state index contributed by atoms with van der Waals surface area (Å²) in [7, 11) is 0. The van der Waals surface area contributed by atoms with Crippen molar-refractivity contribution in [1.29, 1.82) is 0 Å². The van der Waals surface area contributed by atoms with E-state index >= 15 is 0 Å². The minimum Gasteiger partial charge on any atom is -0.486 e. The quantitative estimate of drug-likeness (QED) is 0.268. The summed E-state index contributed by atoms with van der Waals surface area (Å²) in [4.78, 5) is 14.9. The number of hydrogen-bond acceptors (Lipinski definition) is 2. The van der Waals surface area contributed by atoms with Gasteiger partial charge in [-0.2, -0.15) is 0 Å². The smallest absolute Gasteiger partial charge is 0.258 e. The molecule has 0 radical (unpaired) electrons. The lowest BCUT2D eigenvalue weighted by Crippen LogP contribution is -2.26. The van der Waals surface area contributed by atoms with Crippen molar-refractivity contribution in [3.63, 3.8) is 0 Å². The molecule has 32 heavy (non-hydrogen) atoms. The third kappa shape index (κ3) is 4.76. The van der Waals surface area contributed by atoms with Crippen LogP contribution in [0, 0.1) is 0 Å². The Morgan fingerprint density at radius 3 is 2.44 bits per heavy atom. The lowest BCUT2D eigenvalue weighted by Gasteiger charge is -2.15. The number of carbonyl (C=O) groups is 1. The zero-order chi connectivity index (χ0) is 22.8. The van der Waals surface area contributed by atoms with Crippen molar-refractivity contribution < 1.29 is 9.53 Å². The first-order valence-electron chi connectivity index (χ1n) is 10.1. The van der Waals surface area contributed by atoms with Crippen LogP contribution < -0.4 is 9.64 Å². The number of nitrogens with zero attached hydrogens (tertiary/aromatic N) is 1. The molecule has 0 fully saturated rings. The second kappa shape index (κ2) is 10.0. The van der Waals surface area contributed by atoms with E-state index in [0.717, 1.165) is 37.7 Å². The van der Waals surface area contributed by atoms with Crippen LogP contribution in [0.3, 0.4) is 0 Å². The number of rotatable bonds is 6. The van der Waals surface area contributed by atoms with E-state index in [1.165, 1.54) is 0 Å². The average molecular weight is 596 g/mol. The molecule has 0 saturated heterocycles. The fourth-order valence-electron chi connectivity index (χ4n) is 3.65. The van der Waals surface area contributed by atoms with Gasteiger partial charge in [0.05, 0.1) is 14.6 Å². The van der Waals surface area contributed by atoms with Crippen LogP contribution >= 0.6 is 55.1 Å². The largest absolute Gasteiger partial charge is 0.486 e. The Kier molecular flexibility index (Phi) is 7.30. The Hall–Kier alpha value is -1.79. The molecule has 0 spiro atoms. The van der Waals surface area contributed by atoms with Crippen molar-refractivity contribution in [3.8, 4) is 5.75 Å². The summed E-state index contributed by atoms with van der Waals surface area (Å²) in [6, 6.07) is 17.1. The van der Waals surface area contributed by atoms with Gasteiger partial charge in [-0.05, 0) is 80.3 Å². The minimum atomic E-state index is 0.0259. The van der Waals surface area contributed by atoms with Gasteiger partial charge < -0.3 is 9.64 Å². The second-order valence-electron chi connectivity index (χ2n) is 7.37. The normalized spacial score (nSPS) is 14.2. The van der Waals surface area contributed by atoms with Crippen LogP contribution in [0.1, 0.15) is 30.0 Å². The SMILES string of the molecule is CCCN1C(=O)/C(=C\c2cc(Br)c(OCc3ccc(Cl)cc3Cl)c(Br)c2)c2ccccc21. The summed E-state index contributed by atoms with van der Waals surface area (Å²) in [5.41, 5.74) is 4.33. The van der Waals surface area contributed by atoms with Gasteiger partial charge in [0.2, 0.25) is 0 Å². The fraction of sp³-hybridized carbons (Fsp3) is 0.160. The van der Waals surface area contributed by atoms with E-state index in [-0.39, 0.29) is 5.91 Å². The highest BCUT2D eigenvalue weighted by molar-refractivity contribution is 9.11. The van der Waals surface area contributed by atoms with E-state index in [0.29, 0.717) is 34.5 Å². The molecule has 0 saturated carbocycles. The molecule has 7 heteroatoms. The molecule has 3 aromatic carbocycles. The Morgan fingerprint density at radius 1 is 1.03 bits per heavy atom. The van der Waals surface area contributed by atoms with Crippen molar-refractivity contribution in [3.05, 3.63) is 90.3 Å². The number of halogens is 4. The highest BCUT2D eigenvalue weighted by Gasteiger charge is 2.31. The van der Waals surface area contributed by atoms with Gasteiger partial charge in [0.25, 0.3) is 5.91 Å². The molecule has 164 valence electrons. The van der Waals surface area contributed by atoms with Crippen LogP contribution in [-0.2, 0) is 11.4 Å². The van der Waals surface area contributed by atoms with E-state index in [2.05, 4.69) is 38.8 Å². The third-order valence-corrected chi connectivity index (χ3v) is 6.89. The van der Waals surface area contributed by atoms with Crippen LogP contribution in [0.15, 0.2) is 63.5 Å². The summed E-state index contributed by atoms with van der Waals surface area (Å²) in [6.45, 7) is 3.06. The van der Waals surface area contributed by atoms with Gasteiger partial charge in [-0.25, -0.2) is 0 Å². The molecular weight excluding hydrogens is 577 g/mol. The van der Waals surface area contributed by atoms with Crippen LogP contribution in [0.25, 0.3) is 11.6 Å². The Morgan fingerprint density at radius 2 is 1.75 bits per heavy atom. The Labute approximate surface area is 214 Å². The molecule has 1 amide bonds. The molecule has 0 N–H and O–H groups in total. The molecule has 3 aromatic rings. The molecule has 0 atom stereocenters. The van der Waals surface area contributed by atoms with Crippen molar-refractivity contribution in [2.75, 3.05) is 11.4 Å². The van der Waals surface area contributed by atoms with E-state index in [1.807, 2.05) is 53.4 Å². The van der Waals surface area contributed by atoms with Crippen molar-refractivity contribution in [2.45, 2.75) is 20.0 Å². The van der Waals surface area contributed by atoms with E-state index < -0.39 is 0 Å². The van der Waals surface area contributed by atoms with Crippen molar-refractivity contribution in [1.82, 2.24) is 0 Å². The topological polar surface area (TPSA) is 29.5 Å². The first-order valence-corrected chi connectivity index (χ1v) is 12.4. The fourth-order valence-corrected chi connectivity index (χ4v) is 5.56. The lowest BCUT2D eigenvalue weighted by atomic mass is 10.0. The summed E-state index contributed by atoms with van der Waals surface area (Å²) in [5, 5.41) is 1.14. The molecule has 3 nitrogen and oxygen atoms in total. The Bertz CT molecular complexity index is 1200. The van der Waals surface area contributed by atoms with Gasteiger partial charge in [-0.3, -0.25) is 4.79 Å². The summed E-state index contributed by atoms with van der Waals surface area (Å²) < 4.78 is 7.55. The molecule has 1 heterocycles. The maximum atomic E-state index is 13.1. The number of fused-ring (bicyclic) bond motifs is 1. The molecule has 0 bridgehead atoms. The molecule has 4 rings (SSSR count). The number of hydrogen-bond donors (Lipinski definition) is 0. The molecule has 1 aliphatic heterocycles. The van der Waals surface area contributed by atoms with Crippen LogP contribution in [0.2, 0.25) is 10.0 Å². The van der Waals surface area contributed by atoms with E-state index in [1.54, 1.807) is 12.1 Å². The number of para-hydroxylation sites is 1.